The molecule has 0 saturated carbocycles. The maximum absolute atomic E-state index is 10.8. The first-order chi connectivity index (χ1) is 8.06. The highest BCUT2D eigenvalue weighted by molar-refractivity contribution is 9.10. The van der Waals surface area contributed by atoms with E-state index in [1.165, 1.54) is 0 Å². The SMILES string of the molecule is COCCCN(C)c1ccc(C(=O)O)cc1Br. The molecule has 0 aliphatic heterocycles. The Morgan fingerprint density at radius 2 is 2.24 bits per heavy atom. The predicted octanol–water partition coefficient (Wildman–Crippen LogP) is 2.62. The largest absolute Gasteiger partial charge is 0.478 e. The van der Waals surface area contributed by atoms with Crippen molar-refractivity contribution in [3.8, 4) is 0 Å². The normalized spacial score (nSPS) is 10.3. The second kappa shape index (κ2) is 6.61. The molecule has 0 bridgehead atoms. The summed E-state index contributed by atoms with van der Waals surface area (Å²) in [7, 11) is 3.65. The van der Waals surface area contributed by atoms with E-state index in [1.807, 2.05) is 7.05 Å². The third-order valence-electron chi connectivity index (χ3n) is 2.45. The Hall–Kier alpha value is -1.07. The molecule has 0 radical (unpaired) electrons. The molecular formula is C12H16BrNO3. The van der Waals surface area contributed by atoms with Gasteiger partial charge in [-0.15, -0.1) is 0 Å². The summed E-state index contributed by atoms with van der Waals surface area (Å²) in [5.74, 6) is -0.917. The minimum Gasteiger partial charge on any atom is -0.478 e. The maximum atomic E-state index is 10.8. The number of methoxy groups -OCH3 is 1. The van der Waals surface area contributed by atoms with E-state index in [0.29, 0.717) is 0 Å². The third kappa shape index (κ3) is 4.02. The van der Waals surface area contributed by atoms with Crippen molar-refractivity contribution in [2.24, 2.45) is 0 Å². The Morgan fingerprint density at radius 1 is 1.53 bits per heavy atom. The fourth-order valence-electron chi connectivity index (χ4n) is 1.52. The molecule has 0 unspecified atom stereocenters. The summed E-state index contributed by atoms with van der Waals surface area (Å²) in [5, 5.41) is 8.86. The minimum atomic E-state index is -0.917. The van der Waals surface area contributed by atoms with Gasteiger partial charge in [0, 0.05) is 31.8 Å². The Labute approximate surface area is 109 Å². The molecule has 0 atom stereocenters. The first-order valence-corrected chi connectivity index (χ1v) is 6.08. The molecule has 1 N–H and O–H groups in total. The van der Waals surface area contributed by atoms with Crippen molar-refractivity contribution >= 4 is 27.6 Å². The number of aromatic carboxylic acids is 1. The van der Waals surface area contributed by atoms with Gasteiger partial charge in [0.05, 0.1) is 11.3 Å². The number of halogens is 1. The van der Waals surface area contributed by atoms with Crippen LogP contribution >= 0.6 is 15.9 Å². The molecular weight excluding hydrogens is 286 g/mol. The highest BCUT2D eigenvalue weighted by Gasteiger charge is 2.09. The van der Waals surface area contributed by atoms with Crippen LogP contribution in [0, 0.1) is 0 Å². The van der Waals surface area contributed by atoms with E-state index in [4.69, 9.17) is 9.84 Å². The molecule has 1 rings (SSSR count). The van der Waals surface area contributed by atoms with Crippen molar-refractivity contribution in [2.45, 2.75) is 6.42 Å². The van der Waals surface area contributed by atoms with Crippen LogP contribution in [0.25, 0.3) is 0 Å². The summed E-state index contributed by atoms with van der Waals surface area (Å²) in [6.07, 6.45) is 0.931. The summed E-state index contributed by atoms with van der Waals surface area (Å²) in [5.41, 5.74) is 1.26. The van der Waals surface area contributed by atoms with Crippen LogP contribution in [0.5, 0.6) is 0 Å². The molecule has 4 nitrogen and oxygen atoms in total. The first kappa shape index (κ1) is 14.0. The average Bonchev–Trinajstić information content (AvgIpc) is 2.28. The number of ether oxygens (including phenoxy) is 1. The van der Waals surface area contributed by atoms with Crippen molar-refractivity contribution in [3.05, 3.63) is 28.2 Å². The summed E-state index contributed by atoms with van der Waals surface area (Å²) < 4.78 is 5.78. The van der Waals surface area contributed by atoms with Crippen LogP contribution in [-0.2, 0) is 4.74 Å². The van der Waals surface area contributed by atoms with E-state index in [0.717, 1.165) is 29.7 Å². The van der Waals surface area contributed by atoms with Crippen LogP contribution in [0.15, 0.2) is 22.7 Å². The topological polar surface area (TPSA) is 49.8 Å². The fraction of sp³-hybridized carbons (Fsp3) is 0.417. The van der Waals surface area contributed by atoms with E-state index >= 15 is 0 Å². The van der Waals surface area contributed by atoms with Gasteiger partial charge in [0.25, 0.3) is 0 Å². The molecule has 1 aromatic carbocycles. The number of hydrogen-bond acceptors (Lipinski definition) is 3. The van der Waals surface area contributed by atoms with Crippen LogP contribution < -0.4 is 4.90 Å². The van der Waals surface area contributed by atoms with Gasteiger partial charge in [-0.25, -0.2) is 4.79 Å². The van der Waals surface area contributed by atoms with Crippen LogP contribution in [0.4, 0.5) is 5.69 Å². The lowest BCUT2D eigenvalue weighted by atomic mass is 10.2. The Balaban J connectivity index is 2.74. The monoisotopic (exact) mass is 301 g/mol. The van der Waals surface area contributed by atoms with Crippen LogP contribution in [0.1, 0.15) is 16.8 Å². The van der Waals surface area contributed by atoms with Gasteiger partial charge >= 0.3 is 5.97 Å². The Kier molecular flexibility index (Phi) is 5.44. The molecule has 0 heterocycles. The highest BCUT2D eigenvalue weighted by Crippen LogP contribution is 2.26. The van der Waals surface area contributed by atoms with Gasteiger partial charge in [-0.3, -0.25) is 0 Å². The van der Waals surface area contributed by atoms with Gasteiger partial charge in [0.2, 0.25) is 0 Å². The summed E-state index contributed by atoms with van der Waals surface area (Å²) >= 11 is 3.39. The molecule has 17 heavy (non-hydrogen) atoms. The van der Waals surface area contributed by atoms with Gasteiger partial charge in [0.15, 0.2) is 0 Å². The maximum Gasteiger partial charge on any atom is 0.335 e. The molecule has 0 spiro atoms. The molecule has 0 amide bonds. The van der Waals surface area contributed by atoms with E-state index in [1.54, 1.807) is 25.3 Å². The fourth-order valence-corrected chi connectivity index (χ4v) is 2.20. The zero-order chi connectivity index (χ0) is 12.8. The van der Waals surface area contributed by atoms with Crippen LogP contribution in [0.2, 0.25) is 0 Å². The predicted molar refractivity (Wildman–Crippen MR) is 70.9 cm³/mol. The number of benzene rings is 1. The molecule has 0 aliphatic rings. The summed E-state index contributed by atoms with van der Waals surface area (Å²) in [4.78, 5) is 12.9. The second-order valence-electron chi connectivity index (χ2n) is 3.74. The molecule has 5 heteroatoms. The minimum absolute atomic E-state index is 0.283. The van der Waals surface area contributed by atoms with Crippen LogP contribution in [-0.4, -0.2) is 38.4 Å². The molecule has 0 aliphatic carbocycles. The number of carbonyl (C=O) groups is 1. The van der Waals surface area contributed by atoms with Crippen molar-refractivity contribution in [1.82, 2.24) is 0 Å². The number of hydrogen-bond donors (Lipinski definition) is 1. The van der Waals surface area contributed by atoms with Crippen molar-refractivity contribution in [2.75, 3.05) is 32.2 Å². The van der Waals surface area contributed by atoms with E-state index in [9.17, 15) is 4.79 Å². The smallest absolute Gasteiger partial charge is 0.335 e. The van der Waals surface area contributed by atoms with Gasteiger partial charge < -0.3 is 14.7 Å². The van der Waals surface area contributed by atoms with Gasteiger partial charge in [-0.1, -0.05) is 0 Å². The van der Waals surface area contributed by atoms with Crippen LogP contribution in [0.3, 0.4) is 0 Å². The van der Waals surface area contributed by atoms with Crippen molar-refractivity contribution < 1.29 is 14.6 Å². The number of nitrogens with zero attached hydrogens (tertiary/aromatic N) is 1. The number of anilines is 1. The highest BCUT2D eigenvalue weighted by atomic mass is 79.9. The molecule has 0 aromatic heterocycles. The standard InChI is InChI=1S/C12H16BrNO3/c1-14(6-3-7-17-2)11-5-4-9(12(15)16)8-10(11)13/h4-5,8H,3,6-7H2,1-2H3,(H,15,16). The summed E-state index contributed by atoms with van der Waals surface area (Å²) in [6.45, 7) is 1.58. The quantitative estimate of drug-likeness (QED) is 0.821. The lowest BCUT2D eigenvalue weighted by molar-refractivity contribution is 0.0697. The lowest BCUT2D eigenvalue weighted by Crippen LogP contribution is -2.20. The zero-order valence-corrected chi connectivity index (χ0v) is 11.5. The number of rotatable bonds is 6. The van der Waals surface area contributed by atoms with E-state index < -0.39 is 5.97 Å². The van der Waals surface area contributed by atoms with Crippen molar-refractivity contribution in [1.29, 1.82) is 0 Å². The number of carboxylic acid groups (broad SMARTS) is 1. The van der Waals surface area contributed by atoms with E-state index in [2.05, 4.69) is 20.8 Å². The average molecular weight is 302 g/mol. The molecule has 0 saturated heterocycles. The lowest BCUT2D eigenvalue weighted by Gasteiger charge is -2.20. The second-order valence-corrected chi connectivity index (χ2v) is 4.59. The third-order valence-corrected chi connectivity index (χ3v) is 3.08. The van der Waals surface area contributed by atoms with Crippen molar-refractivity contribution in [3.63, 3.8) is 0 Å². The molecule has 0 fully saturated rings. The molecule has 1 aromatic rings. The zero-order valence-electron chi connectivity index (χ0n) is 9.94. The van der Waals surface area contributed by atoms with Gasteiger partial charge in [-0.05, 0) is 40.5 Å². The van der Waals surface area contributed by atoms with Gasteiger partial charge in [0.1, 0.15) is 0 Å². The molecule has 94 valence electrons. The Bertz CT molecular complexity index is 395. The number of carboxylic acids is 1. The first-order valence-electron chi connectivity index (χ1n) is 5.29. The summed E-state index contributed by atoms with van der Waals surface area (Å²) in [6, 6.07) is 5.03. The Morgan fingerprint density at radius 3 is 2.76 bits per heavy atom. The van der Waals surface area contributed by atoms with E-state index in [-0.39, 0.29) is 5.56 Å². The van der Waals surface area contributed by atoms with Gasteiger partial charge in [-0.2, -0.15) is 0 Å².